The van der Waals surface area contributed by atoms with E-state index in [4.69, 9.17) is 0 Å². The van der Waals surface area contributed by atoms with E-state index in [1.807, 2.05) is 26.0 Å². The van der Waals surface area contributed by atoms with Gasteiger partial charge in [-0.15, -0.1) is 0 Å². The highest BCUT2D eigenvalue weighted by Crippen LogP contribution is 2.21. The fourth-order valence-corrected chi connectivity index (χ4v) is 3.33. The fourth-order valence-electron chi connectivity index (χ4n) is 3.33. The molecule has 1 aromatic heterocycles. The summed E-state index contributed by atoms with van der Waals surface area (Å²) >= 11 is 0. The van der Waals surface area contributed by atoms with E-state index in [-0.39, 0.29) is 0 Å². The summed E-state index contributed by atoms with van der Waals surface area (Å²) in [6.07, 6.45) is 2.32. The van der Waals surface area contributed by atoms with Crippen LogP contribution in [-0.4, -0.2) is 39.1 Å². The van der Waals surface area contributed by atoms with Crippen LogP contribution in [0.25, 0.3) is 0 Å². The maximum Gasteiger partial charge on any atom is 0.133 e. The molecule has 0 bridgehead atoms. The summed E-state index contributed by atoms with van der Waals surface area (Å²) in [4.78, 5) is 11.4. The first kappa shape index (κ1) is 16.7. The second-order valence-corrected chi connectivity index (χ2v) is 6.72. The van der Waals surface area contributed by atoms with Gasteiger partial charge in [0.2, 0.25) is 0 Å². The summed E-state index contributed by atoms with van der Waals surface area (Å²) in [6, 6.07) is 7.92. The molecular weight excluding hydrogens is 300 g/mol. The minimum absolute atomic E-state index is 0.335. The molecular formula is C19H26N4O. The third-order valence-electron chi connectivity index (χ3n) is 4.66. The molecule has 0 aliphatic carbocycles. The van der Waals surface area contributed by atoms with Gasteiger partial charge in [-0.05, 0) is 57.9 Å². The molecule has 0 spiro atoms. The lowest BCUT2D eigenvalue weighted by atomic mass is 10.0. The van der Waals surface area contributed by atoms with Crippen molar-refractivity contribution in [1.82, 2.24) is 14.9 Å². The van der Waals surface area contributed by atoms with Crippen molar-refractivity contribution >= 4 is 5.82 Å². The summed E-state index contributed by atoms with van der Waals surface area (Å²) in [7, 11) is 0. The molecule has 2 N–H and O–H groups in total. The molecule has 2 aromatic rings. The Hall–Kier alpha value is -2.14. The maximum atomic E-state index is 9.63. The van der Waals surface area contributed by atoms with E-state index in [1.165, 1.54) is 6.42 Å². The highest BCUT2D eigenvalue weighted by molar-refractivity contribution is 5.46. The van der Waals surface area contributed by atoms with E-state index >= 15 is 0 Å². The van der Waals surface area contributed by atoms with Crippen LogP contribution in [0.5, 0.6) is 5.75 Å². The van der Waals surface area contributed by atoms with Crippen LogP contribution < -0.4 is 5.32 Å². The normalized spacial score (nSPS) is 18.5. The molecule has 1 atom stereocenters. The molecule has 0 radical (unpaired) electrons. The van der Waals surface area contributed by atoms with Gasteiger partial charge in [0, 0.05) is 30.4 Å². The number of hydrogen-bond donors (Lipinski definition) is 2. The van der Waals surface area contributed by atoms with Crippen LogP contribution in [0.4, 0.5) is 5.82 Å². The molecule has 5 heteroatoms. The number of nitrogens with one attached hydrogen (secondary N) is 1. The highest BCUT2D eigenvalue weighted by atomic mass is 16.3. The summed E-state index contributed by atoms with van der Waals surface area (Å²) in [5, 5.41) is 13.2. The predicted molar refractivity (Wildman–Crippen MR) is 96.3 cm³/mol. The summed E-state index contributed by atoms with van der Waals surface area (Å²) < 4.78 is 0. The van der Waals surface area contributed by atoms with E-state index in [1.54, 1.807) is 6.07 Å². The molecule has 0 amide bonds. The molecule has 5 nitrogen and oxygen atoms in total. The summed E-state index contributed by atoms with van der Waals surface area (Å²) in [5.74, 6) is 2.11. The number of aromatic nitrogens is 2. The SMILES string of the molecule is Cc1nc(C)c(C)c(NC2CCCN(Cc3cccc(O)c3)C2)n1. The van der Waals surface area contributed by atoms with E-state index in [0.717, 1.165) is 54.5 Å². The lowest BCUT2D eigenvalue weighted by molar-refractivity contribution is 0.208. The lowest BCUT2D eigenvalue weighted by Crippen LogP contribution is -2.41. The van der Waals surface area contributed by atoms with Gasteiger partial charge in [0.25, 0.3) is 0 Å². The Labute approximate surface area is 143 Å². The highest BCUT2D eigenvalue weighted by Gasteiger charge is 2.21. The molecule has 0 saturated carbocycles. The van der Waals surface area contributed by atoms with Crippen LogP contribution in [0.15, 0.2) is 24.3 Å². The number of phenolic OH excluding ortho intramolecular Hbond substituents is 1. The zero-order valence-electron chi connectivity index (χ0n) is 14.7. The van der Waals surface area contributed by atoms with Gasteiger partial charge in [-0.25, -0.2) is 9.97 Å². The van der Waals surface area contributed by atoms with Crippen molar-refractivity contribution < 1.29 is 5.11 Å². The molecule has 1 fully saturated rings. The van der Waals surface area contributed by atoms with Gasteiger partial charge in [0.1, 0.15) is 17.4 Å². The van der Waals surface area contributed by atoms with Gasteiger partial charge in [-0.2, -0.15) is 0 Å². The number of phenols is 1. The number of nitrogens with zero attached hydrogens (tertiary/aromatic N) is 3. The molecule has 2 heterocycles. The zero-order chi connectivity index (χ0) is 17.1. The number of hydrogen-bond acceptors (Lipinski definition) is 5. The van der Waals surface area contributed by atoms with E-state index < -0.39 is 0 Å². The number of aromatic hydroxyl groups is 1. The Morgan fingerprint density at radius 1 is 1.25 bits per heavy atom. The Morgan fingerprint density at radius 2 is 2.08 bits per heavy atom. The van der Waals surface area contributed by atoms with Crippen molar-refractivity contribution in [2.75, 3.05) is 18.4 Å². The van der Waals surface area contributed by atoms with Gasteiger partial charge in [-0.1, -0.05) is 12.1 Å². The third-order valence-corrected chi connectivity index (χ3v) is 4.66. The molecule has 1 unspecified atom stereocenters. The number of anilines is 1. The maximum absolute atomic E-state index is 9.63. The molecule has 1 aliphatic rings. The van der Waals surface area contributed by atoms with Crippen molar-refractivity contribution in [3.63, 3.8) is 0 Å². The number of likely N-dealkylation sites (tertiary alicyclic amines) is 1. The van der Waals surface area contributed by atoms with Crippen LogP contribution in [0.3, 0.4) is 0 Å². The van der Waals surface area contributed by atoms with Crippen molar-refractivity contribution in [1.29, 1.82) is 0 Å². The van der Waals surface area contributed by atoms with Gasteiger partial charge < -0.3 is 10.4 Å². The van der Waals surface area contributed by atoms with Crippen molar-refractivity contribution in [2.45, 2.75) is 46.2 Å². The third kappa shape index (κ3) is 4.03. The zero-order valence-corrected chi connectivity index (χ0v) is 14.7. The summed E-state index contributed by atoms with van der Waals surface area (Å²) in [5.41, 5.74) is 3.32. The van der Waals surface area contributed by atoms with Gasteiger partial charge in [-0.3, -0.25) is 4.90 Å². The molecule has 1 aromatic carbocycles. The quantitative estimate of drug-likeness (QED) is 0.903. The standard InChI is InChI=1S/C19H26N4O/c1-13-14(2)20-15(3)21-19(13)22-17-7-5-9-23(12-17)11-16-6-4-8-18(24)10-16/h4,6,8,10,17,24H,5,7,9,11-12H2,1-3H3,(H,20,21,22). The molecule has 128 valence electrons. The second-order valence-electron chi connectivity index (χ2n) is 6.72. The average Bonchev–Trinajstić information content (AvgIpc) is 2.52. The Balaban J connectivity index is 1.66. The first-order valence-corrected chi connectivity index (χ1v) is 8.60. The molecule has 1 saturated heterocycles. The minimum Gasteiger partial charge on any atom is -0.508 e. The number of benzene rings is 1. The van der Waals surface area contributed by atoms with Crippen molar-refractivity contribution in [3.8, 4) is 5.75 Å². The summed E-state index contributed by atoms with van der Waals surface area (Å²) in [6.45, 7) is 8.99. The number of piperidine rings is 1. The van der Waals surface area contributed by atoms with Crippen molar-refractivity contribution in [3.05, 3.63) is 46.9 Å². The number of aryl methyl sites for hydroxylation is 2. The van der Waals surface area contributed by atoms with Crippen LogP contribution in [0.2, 0.25) is 0 Å². The monoisotopic (exact) mass is 326 g/mol. The van der Waals surface area contributed by atoms with Crippen molar-refractivity contribution in [2.24, 2.45) is 0 Å². The van der Waals surface area contributed by atoms with Crippen LogP contribution in [0.1, 0.15) is 35.5 Å². The van der Waals surface area contributed by atoms with E-state index in [0.29, 0.717) is 11.8 Å². The van der Waals surface area contributed by atoms with Crippen LogP contribution in [0, 0.1) is 20.8 Å². The smallest absolute Gasteiger partial charge is 0.133 e. The average molecular weight is 326 g/mol. The molecule has 3 rings (SSSR count). The Kier molecular flexibility index (Phi) is 5.00. The predicted octanol–water partition coefficient (Wildman–Crippen LogP) is 3.18. The first-order chi connectivity index (χ1) is 11.5. The van der Waals surface area contributed by atoms with Gasteiger partial charge in [0.15, 0.2) is 0 Å². The van der Waals surface area contributed by atoms with E-state index in [9.17, 15) is 5.11 Å². The fraction of sp³-hybridized carbons (Fsp3) is 0.474. The van der Waals surface area contributed by atoms with Gasteiger partial charge in [0.05, 0.1) is 0 Å². The molecule has 1 aliphatic heterocycles. The Bertz CT molecular complexity index is 717. The first-order valence-electron chi connectivity index (χ1n) is 8.60. The largest absolute Gasteiger partial charge is 0.508 e. The molecule has 24 heavy (non-hydrogen) atoms. The lowest BCUT2D eigenvalue weighted by Gasteiger charge is -2.33. The van der Waals surface area contributed by atoms with E-state index in [2.05, 4.69) is 33.2 Å². The van der Waals surface area contributed by atoms with Crippen LogP contribution in [-0.2, 0) is 6.54 Å². The number of rotatable bonds is 4. The van der Waals surface area contributed by atoms with Gasteiger partial charge >= 0.3 is 0 Å². The minimum atomic E-state index is 0.335. The Morgan fingerprint density at radius 3 is 2.88 bits per heavy atom. The second kappa shape index (κ2) is 7.18. The topological polar surface area (TPSA) is 61.3 Å². The van der Waals surface area contributed by atoms with Crippen LogP contribution >= 0.6 is 0 Å².